The van der Waals surface area contributed by atoms with E-state index in [1.54, 1.807) is 0 Å². The van der Waals surface area contributed by atoms with Crippen molar-refractivity contribution in [3.8, 4) is 67.9 Å². The molecule has 0 saturated carbocycles. The molecule has 0 radical (unpaired) electrons. The van der Waals surface area contributed by atoms with Gasteiger partial charge in [-0.1, -0.05) is 177 Å². The van der Waals surface area contributed by atoms with Crippen molar-refractivity contribution in [3.63, 3.8) is 0 Å². The first-order valence-electron chi connectivity index (χ1n) is 19.3. The van der Waals surface area contributed by atoms with Crippen LogP contribution in [0.2, 0.25) is 0 Å². The maximum atomic E-state index is 10.7. The number of nitrogens with zero attached hydrogens (tertiary/aromatic N) is 4. The number of hydrogen-bond donors (Lipinski definition) is 0. The Morgan fingerprint density at radius 2 is 0.983 bits per heavy atom. The minimum Gasteiger partial charge on any atom is -0.453 e. The van der Waals surface area contributed by atoms with Crippen LogP contribution in [0.3, 0.4) is 0 Å². The first-order chi connectivity index (χ1) is 28.7. The van der Waals surface area contributed by atoms with Gasteiger partial charge in [0.15, 0.2) is 11.4 Å². The smallest absolute Gasteiger partial charge is 0.162 e. The number of fused-ring (bicyclic) bond motifs is 7. The number of para-hydroxylation sites is 2. The minimum atomic E-state index is 0. The van der Waals surface area contributed by atoms with E-state index in [9.17, 15) is 5.26 Å². The average Bonchev–Trinajstić information content (AvgIpc) is 3.86. The van der Waals surface area contributed by atoms with E-state index in [0.717, 1.165) is 88.4 Å². The van der Waals surface area contributed by atoms with Crippen molar-refractivity contribution in [1.29, 1.82) is 5.26 Å². The van der Waals surface area contributed by atoms with Gasteiger partial charge in [0.1, 0.15) is 17.2 Å². The number of benzene rings is 8. The van der Waals surface area contributed by atoms with Crippen LogP contribution in [-0.4, -0.2) is 14.5 Å². The van der Waals surface area contributed by atoms with Gasteiger partial charge in [-0.05, 0) is 41.0 Å². The van der Waals surface area contributed by atoms with Gasteiger partial charge < -0.3 is 8.98 Å². The summed E-state index contributed by atoms with van der Waals surface area (Å²) in [7, 11) is 0. The van der Waals surface area contributed by atoms with E-state index in [1.165, 1.54) is 0 Å². The summed E-state index contributed by atoms with van der Waals surface area (Å²) >= 11 is 0. The van der Waals surface area contributed by atoms with Crippen LogP contribution >= 0.6 is 0 Å². The SMILES string of the molecule is C.N#Cc1c(-c2ccccc2)nc(-c2cc(-c3ccccc3)ccc2-n2c3ccccc3c3ccc4c5cccc(-c6ccccc6)c5oc4c32)nc1-c1ccccc1. The molecule has 11 rings (SSSR count). The predicted molar refractivity (Wildman–Crippen MR) is 242 cm³/mol. The first-order valence-corrected chi connectivity index (χ1v) is 19.3. The number of nitriles is 1. The molecule has 5 heteroatoms. The zero-order valence-electron chi connectivity index (χ0n) is 31.2. The Kier molecular flexibility index (Phi) is 8.66. The second-order valence-corrected chi connectivity index (χ2v) is 14.4. The summed E-state index contributed by atoms with van der Waals surface area (Å²) in [5, 5.41) is 15.0. The fourth-order valence-corrected chi connectivity index (χ4v) is 8.42. The molecule has 11 aromatic rings. The molecule has 0 saturated heterocycles. The third kappa shape index (κ3) is 5.78. The Hall–Kier alpha value is -8.07. The molecule has 3 aromatic heterocycles. The van der Waals surface area contributed by atoms with Crippen LogP contribution in [-0.2, 0) is 0 Å². The highest BCUT2D eigenvalue weighted by Crippen LogP contribution is 2.44. The molecule has 0 amide bonds. The van der Waals surface area contributed by atoms with E-state index in [1.807, 2.05) is 72.8 Å². The van der Waals surface area contributed by atoms with Crippen molar-refractivity contribution in [2.45, 2.75) is 7.43 Å². The zero-order chi connectivity index (χ0) is 38.6. The van der Waals surface area contributed by atoms with Gasteiger partial charge >= 0.3 is 0 Å². The van der Waals surface area contributed by atoms with E-state index in [-0.39, 0.29) is 7.43 Å². The number of furan rings is 1. The normalized spacial score (nSPS) is 11.2. The van der Waals surface area contributed by atoms with E-state index < -0.39 is 0 Å². The Bertz CT molecular complexity index is 3320. The molecule has 0 spiro atoms. The molecule has 8 aromatic carbocycles. The van der Waals surface area contributed by atoms with Gasteiger partial charge in [0, 0.05) is 43.8 Å². The quantitative estimate of drug-likeness (QED) is 0.169. The highest BCUT2D eigenvalue weighted by atomic mass is 16.3. The molecular formula is C54H36N4O. The second kappa shape index (κ2) is 14.5. The standard InChI is InChI=1S/C53H32N4O.CH4/c54-33-45-48(36-20-9-3-10-21-36)55-53(56-49(45)37-22-11-4-12-23-37)44-32-38(34-16-5-1-6-17-34)28-31-47(44)57-46-27-14-13-24-40(46)41-29-30-43-42-26-15-25-39(35-18-7-2-8-19-35)51(42)58-52(43)50(41)57;/h1-32H;1H4. The Labute approximate surface area is 341 Å². The second-order valence-electron chi connectivity index (χ2n) is 14.4. The molecule has 5 nitrogen and oxygen atoms in total. The molecule has 0 aliphatic carbocycles. The Morgan fingerprint density at radius 1 is 0.441 bits per heavy atom. The lowest BCUT2D eigenvalue weighted by Crippen LogP contribution is -2.04. The van der Waals surface area contributed by atoms with E-state index in [2.05, 4.69) is 132 Å². The molecule has 59 heavy (non-hydrogen) atoms. The van der Waals surface area contributed by atoms with Crippen LogP contribution in [0.4, 0.5) is 0 Å². The molecular weight excluding hydrogens is 721 g/mol. The van der Waals surface area contributed by atoms with Crippen molar-refractivity contribution in [1.82, 2.24) is 14.5 Å². The van der Waals surface area contributed by atoms with Crippen LogP contribution in [0.25, 0.3) is 106 Å². The lowest BCUT2D eigenvalue weighted by Gasteiger charge is -2.17. The topological polar surface area (TPSA) is 67.6 Å². The molecule has 0 unspecified atom stereocenters. The predicted octanol–water partition coefficient (Wildman–Crippen LogP) is 14.3. The third-order valence-electron chi connectivity index (χ3n) is 11.1. The van der Waals surface area contributed by atoms with Crippen LogP contribution in [0, 0.1) is 11.3 Å². The van der Waals surface area contributed by atoms with Crippen LogP contribution in [0.5, 0.6) is 0 Å². The Balaban J connectivity index is 0.00000420. The highest BCUT2D eigenvalue weighted by molar-refractivity contribution is 6.22. The summed E-state index contributed by atoms with van der Waals surface area (Å²) in [4.78, 5) is 10.6. The van der Waals surface area contributed by atoms with Crippen LogP contribution < -0.4 is 0 Å². The van der Waals surface area contributed by atoms with Gasteiger partial charge in [0.25, 0.3) is 0 Å². The number of rotatable bonds is 6. The fourth-order valence-electron chi connectivity index (χ4n) is 8.42. The number of hydrogen-bond acceptors (Lipinski definition) is 4. The van der Waals surface area contributed by atoms with Gasteiger partial charge in [-0.25, -0.2) is 9.97 Å². The Morgan fingerprint density at radius 3 is 1.63 bits per heavy atom. The fraction of sp³-hybridized carbons (Fsp3) is 0.0185. The largest absolute Gasteiger partial charge is 0.453 e. The van der Waals surface area contributed by atoms with E-state index in [4.69, 9.17) is 14.4 Å². The molecule has 0 atom stereocenters. The van der Waals surface area contributed by atoms with Gasteiger partial charge in [0.2, 0.25) is 0 Å². The molecule has 278 valence electrons. The summed E-state index contributed by atoms with van der Waals surface area (Å²) < 4.78 is 9.39. The van der Waals surface area contributed by atoms with Crippen molar-refractivity contribution in [3.05, 3.63) is 200 Å². The van der Waals surface area contributed by atoms with Crippen molar-refractivity contribution >= 4 is 43.7 Å². The maximum absolute atomic E-state index is 10.7. The lowest BCUT2D eigenvalue weighted by atomic mass is 9.98. The summed E-state index contributed by atoms with van der Waals surface area (Å²) in [6.45, 7) is 0. The highest BCUT2D eigenvalue weighted by Gasteiger charge is 2.25. The minimum absolute atomic E-state index is 0. The zero-order valence-corrected chi connectivity index (χ0v) is 31.2. The van der Waals surface area contributed by atoms with Gasteiger partial charge in [-0.3, -0.25) is 0 Å². The average molecular weight is 757 g/mol. The molecule has 0 aliphatic heterocycles. The van der Waals surface area contributed by atoms with Crippen molar-refractivity contribution < 1.29 is 4.42 Å². The summed E-state index contributed by atoms with van der Waals surface area (Å²) in [5.74, 6) is 0.513. The first kappa shape index (κ1) is 35.4. The van der Waals surface area contributed by atoms with Crippen LogP contribution in [0.1, 0.15) is 13.0 Å². The summed E-state index contributed by atoms with van der Waals surface area (Å²) in [6.07, 6.45) is 0. The van der Waals surface area contributed by atoms with Gasteiger partial charge in [-0.2, -0.15) is 5.26 Å². The maximum Gasteiger partial charge on any atom is 0.162 e. The van der Waals surface area contributed by atoms with Crippen LogP contribution in [0.15, 0.2) is 199 Å². The molecule has 3 heterocycles. The van der Waals surface area contributed by atoms with Gasteiger partial charge in [-0.15, -0.1) is 0 Å². The summed E-state index contributed by atoms with van der Waals surface area (Å²) in [6, 6.07) is 68.9. The van der Waals surface area contributed by atoms with Gasteiger partial charge in [0.05, 0.1) is 28.1 Å². The lowest BCUT2D eigenvalue weighted by molar-refractivity contribution is 0.672. The van der Waals surface area contributed by atoms with E-state index in [0.29, 0.717) is 22.8 Å². The third-order valence-corrected chi connectivity index (χ3v) is 11.1. The molecule has 0 bridgehead atoms. The molecule has 0 N–H and O–H groups in total. The summed E-state index contributed by atoms with van der Waals surface area (Å²) in [5.41, 5.74) is 12.9. The number of aromatic nitrogens is 3. The van der Waals surface area contributed by atoms with E-state index >= 15 is 0 Å². The molecule has 0 fully saturated rings. The van der Waals surface area contributed by atoms with Crippen molar-refractivity contribution in [2.75, 3.05) is 0 Å². The molecule has 0 aliphatic rings. The van der Waals surface area contributed by atoms with Crippen molar-refractivity contribution in [2.24, 2.45) is 0 Å². The monoisotopic (exact) mass is 756 g/mol.